The van der Waals surface area contributed by atoms with Crippen molar-refractivity contribution >= 4 is 23.3 Å². The second kappa shape index (κ2) is 7.62. The molecule has 0 aliphatic carbocycles. The van der Waals surface area contributed by atoms with Gasteiger partial charge in [-0.15, -0.1) is 0 Å². The minimum Gasteiger partial charge on any atom is -0.493 e. The van der Waals surface area contributed by atoms with Gasteiger partial charge in [-0.05, 0) is 62.5 Å². The monoisotopic (exact) mass is 441 g/mol. The van der Waals surface area contributed by atoms with Gasteiger partial charge in [0.1, 0.15) is 5.52 Å². The van der Waals surface area contributed by atoms with E-state index in [4.69, 9.17) is 16.6 Å². The molecule has 5 rings (SSSR count). The number of fused-ring (bicyclic) bond motifs is 1. The molecule has 0 saturated carbocycles. The molecular formula is C25H19N3O3S. The second-order valence-electron chi connectivity index (χ2n) is 7.61. The van der Waals surface area contributed by atoms with Crippen LogP contribution in [0, 0.1) is 18.6 Å². The van der Waals surface area contributed by atoms with Gasteiger partial charge >= 0.3 is 0 Å². The number of rotatable bonds is 3. The van der Waals surface area contributed by atoms with Crippen LogP contribution in [-0.2, 0) is 0 Å². The molecular weight excluding hydrogens is 422 g/mol. The number of oxazole rings is 1. The van der Waals surface area contributed by atoms with E-state index in [1.807, 2.05) is 74.5 Å². The van der Waals surface area contributed by atoms with Crippen molar-refractivity contribution in [2.75, 3.05) is 0 Å². The fourth-order valence-corrected chi connectivity index (χ4v) is 3.99. The van der Waals surface area contributed by atoms with Crippen molar-refractivity contribution in [1.82, 2.24) is 14.1 Å². The molecule has 32 heavy (non-hydrogen) atoms. The molecule has 3 aromatic carbocycles. The summed E-state index contributed by atoms with van der Waals surface area (Å²) < 4.78 is 8.83. The lowest BCUT2D eigenvalue weighted by molar-refractivity contribution is 0.430. The number of nitrogens with zero attached hydrogens (tertiary/aromatic N) is 3. The zero-order valence-corrected chi connectivity index (χ0v) is 18.3. The minimum atomic E-state index is -0.508. The van der Waals surface area contributed by atoms with Gasteiger partial charge in [-0.3, -0.25) is 13.9 Å². The van der Waals surface area contributed by atoms with E-state index in [-0.39, 0.29) is 22.1 Å². The predicted molar refractivity (Wildman–Crippen MR) is 126 cm³/mol. The number of aromatic hydroxyl groups is 1. The van der Waals surface area contributed by atoms with E-state index in [0.717, 1.165) is 11.1 Å². The fraction of sp³-hybridized carbons (Fsp3) is 0.0800. The molecule has 158 valence electrons. The van der Waals surface area contributed by atoms with Crippen LogP contribution in [0.4, 0.5) is 0 Å². The fourth-order valence-electron chi connectivity index (χ4n) is 3.61. The Hall–Kier alpha value is -3.97. The van der Waals surface area contributed by atoms with E-state index in [1.165, 1.54) is 9.13 Å². The van der Waals surface area contributed by atoms with E-state index in [9.17, 15) is 9.90 Å². The molecule has 2 aromatic heterocycles. The van der Waals surface area contributed by atoms with Crippen LogP contribution < -0.4 is 5.56 Å². The molecule has 0 aliphatic rings. The van der Waals surface area contributed by atoms with Crippen molar-refractivity contribution in [2.45, 2.75) is 13.8 Å². The Bertz CT molecular complexity index is 1540. The van der Waals surface area contributed by atoms with Gasteiger partial charge in [-0.1, -0.05) is 47.5 Å². The van der Waals surface area contributed by atoms with Gasteiger partial charge in [-0.25, -0.2) is 4.98 Å². The number of aryl methyl sites for hydroxylation is 2. The van der Waals surface area contributed by atoms with Crippen LogP contribution in [-0.4, -0.2) is 19.2 Å². The number of hydrogen-bond acceptors (Lipinski definition) is 5. The third-order valence-corrected chi connectivity index (χ3v) is 5.69. The smallest absolute Gasteiger partial charge is 0.275 e. The summed E-state index contributed by atoms with van der Waals surface area (Å²) in [7, 11) is 0. The van der Waals surface area contributed by atoms with Crippen molar-refractivity contribution < 1.29 is 9.52 Å². The van der Waals surface area contributed by atoms with Crippen molar-refractivity contribution in [1.29, 1.82) is 0 Å². The summed E-state index contributed by atoms with van der Waals surface area (Å²) in [6.07, 6.45) is 0. The Morgan fingerprint density at radius 2 is 1.41 bits per heavy atom. The number of para-hydroxylation sites is 2. The van der Waals surface area contributed by atoms with Gasteiger partial charge < -0.3 is 9.52 Å². The van der Waals surface area contributed by atoms with Crippen molar-refractivity contribution in [3.63, 3.8) is 0 Å². The Labute approximate surface area is 188 Å². The van der Waals surface area contributed by atoms with Crippen LogP contribution in [0.5, 0.6) is 5.88 Å². The molecule has 0 fully saturated rings. The average Bonchev–Trinajstić information content (AvgIpc) is 3.20. The average molecular weight is 442 g/mol. The zero-order valence-electron chi connectivity index (χ0n) is 17.4. The molecule has 2 heterocycles. The lowest BCUT2D eigenvalue weighted by Crippen LogP contribution is -2.25. The Kier molecular flexibility index (Phi) is 4.75. The SMILES string of the molecule is Cc1ccc(-n2c(O)c(-c3nc4ccccc4o3)c(=O)n(-c3ccc(C)cc3)c2=S)cc1. The first-order valence-corrected chi connectivity index (χ1v) is 10.5. The zero-order chi connectivity index (χ0) is 22.4. The normalized spacial score (nSPS) is 11.2. The van der Waals surface area contributed by atoms with Crippen LogP contribution in [0.3, 0.4) is 0 Å². The maximum Gasteiger partial charge on any atom is 0.275 e. The quantitative estimate of drug-likeness (QED) is 0.375. The third kappa shape index (κ3) is 3.23. The molecule has 0 bridgehead atoms. The first kappa shape index (κ1) is 20.0. The summed E-state index contributed by atoms with van der Waals surface area (Å²) in [5.41, 5.74) is 3.87. The largest absolute Gasteiger partial charge is 0.493 e. The minimum absolute atomic E-state index is 0.0328. The van der Waals surface area contributed by atoms with Crippen LogP contribution in [0.2, 0.25) is 0 Å². The highest BCUT2D eigenvalue weighted by atomic mass is 32.1. The summed E-state index contributed by atoms with van der Waals surface area (Å²) in [6.45, 7) is 3.94. The predicted octanol–water partition coefficient (Wildman–Crippen LogP) is 5.49. The van der Waals surface area contributed by atoms with Gasteiger partial charge in [0.25, 0.3) is 5.56 Å². The summed E-state index contributed by atoms with van der Waals surface area (Å²) >= 11 is 5.69. The first-order valence-electron chi connectivity index (χ1n) is 10.0. The molecule has 0 unspecified atom stereocenters. The molecule has 0 aliphatic heterocycles. The number of aromatic nitrogens is 3. The molecule has 0 saturated heterocycles. The molecule has 5 aromatic rings. The topological polar surface area (TPSA) is 73.2 Å². The number of hydrogen-bond donors (Lipinski definition) is 1. The maximum atomic E-state index is 13.6. The molecule has 0 spiro atoms. The second-order valence-corrected chi connectivity index (χ2v) is 7.98. The first-order chi connectivity index (χ1) is 15.4. The van der Waals surface area contributed by atoms with Crippen LogP contribution in [0.25, 0.3) is 33.9 Å². The summed E-state index contributed by atoms with van der Waals surface area (Å²) in [5.74, 6) is -0.288. The molecule has 0 atom stereocenters. The van der Waals surface area contributed by atoms with Gasteiger partial charge in [0, 0.05) is 0 Å². The molecule has 0 amide bonds. The van der Waals surface area contributed by atoms with Crippen molar-refractivity contribution in [2.24, 2.45) is 0 Å². The van der Waals surface area contributed by atoms with Crippen LogP contribution in [0.1, 0.15) is 11.1 Å². The molecule has 6 nitrogen and oxygen atoms in total. The highest BCUT2D eigenvalue weighted by Crippen LogP contribution is 2.31. The van der Waals surface area contributed by atoms with E-state index >= 15 is 0 Å². The summed E-state index contributed by atoms with van der Waals surface area (Å²) in [5, 5.41) is 11.3. The molecule has 7 heteroatoms. The third-order valence-electron chi connectivity index (χ3n) is 5.33. The lowest BCUT2D eigenvalue weighted by atomic mass is 10.2. The standard InChI is InChI=1S/C25H19N3O3S/c1-15-7-11-17(12-8-15)27-23(29)21(22-26-19-5-3-4-6-20(19)31-22)24(30)28(25(27)32)18-13-9-16(2)10-14-18/h3-14,29H,1-2H3. The Morgan fingerprint density at radius 3 is 2.00 bits per heavy atom. The van der Waals surface area contributed by atoms with E-state index in [2.05, 4.69) is 4.98 Å². The summed E-state index contributed by atoms with van der Waals surface area (Å²) in [6, 6.07) is 22.1. The Morgan fingerprint density at radius 1 is 0.844 bits per heavy atom. The van der Waals surface area contributed by atoms with Crippen molar-refractivity contribution in [3.05, 3.63) is 99.0 Å². The van der Waals surface area contributed by atoms with E-state index < -0.39 is 5.56 Å². The highest BCUT2D eigenvalue weighted by Gasteiger charge is 2.24. The van der Waals surface area contributed by atoms with E-state index in [1.54, 1.807) is 12.1 Å². The van der Waals surface area contributed by atoms with Crippen LogP contribution >= 0.6 is 12.2 Å². The lowest BCUT2D eigenvalue weighted by Gasteiger charge is -2.17. The highest BCUT2D eigenvalue weighted by molar-refractivity contribution is 7.71. The number of benzene rings is 3. The van der Waals surface area contributed by atoms with Gasteiger partial charge in [0.05, 0.1) is 11.4 Å². The Balaban J connectivity index is 1.89. The van der Waals surface area contributed by atoms with Crippen molar-refractivity contribution in [3.8, 4) is 28.7 Å². The van der Waals surface area contributed by atoms with Gasteiger partial charge in [0.2, 0.25) is 11.8 Å². The summed E-state index contributed by atoms with van der Waals surface area (Å²) in [4.78, 5) is 18.1. The van der Waals surface area contributed by atoms with Crippen LogP contribution in [0.15, 0.2) is 82.0 Å². The maximum absolute atomic E-state index is 13.6. The van der Waals surface area contributed by atoms with Gasteiger partial charge in [-0.2, -0.15) is 0 Å². The van der Waals surface area contributed by atoms with Gasteiger partial charge in [0.15, 0.2) is 15.9 Å². The molecule has 0 radical (unpaired) electrons. The molecule has 1 N–H and O–H groups in total. The van der Waals surface area contributed by atoms with E-state index in [0.29, 0.717) is 22.5 Å².